The van der Waals surface area contributed by atoms with Crippen molar-refractivity contribution >= 4 is 10.9 Å². The van der Waals surface area contributed by atoms with Crippen LogP contribution in [0.2, 0.25) is 0 Å². The normalized spacial score (nSPS) is 12.7. The molecule has 4 heteroatoms. The first kappa shape index (κ1) is 12.8. The first-order chi connectivity index (χ1) is 9.75. The fourth-order valence-electron chi connectivity index (χ4n) is 2.44. The standard InChI is InChI=1S/C16H18N4/c1-12(13-7-9-17-10-8-13)18-11-15-14-5-3-4-6-16(14)20(2)19-15/h3-10,12,18H,11H2,1-2H3/t12-/m0/s1. The summed E-state index contributed by atoms with van der Waals surface area (Å²) in [4.78, 5) is 4.05. The molecule has 0 aliphatic heterocycles. The highest BCUT2D eigenvalue weighted by atomic mass is 15.3. The van der Waals surface area contributed by atoms with Crippen LogP contribution >= 0.6 is 0 Å². The number of para-hydroxylation sites is 1. The quantitative estimate of drug-likeness (QED) is 0.789. The Morgan fingerprint density at radius 2 is 1.90 bits per heavy atom. The summed E-state index contributed by atoms with van der Waals surface area (Å²) in [5.74, 6) is 0. The molecular formula is C16H18N4. The van der Waals surface area contributed by atoms with Gasteiger partial charge in [-0.2, -0.15) is 5.10 Å². The van der Waals surface area contributed by atoms with Crippen molar-refractivity contribution in [3.8, 4) is 0 Å². The number of rotatable bonds is 4. The monoisotopic (exact) mass is 266 g/mol. The number of hydrogen-bond donors (Lipinski definition) is 1. The largest absolute Gasteiger partial charge is 0.304 e. The number of aryl methyl sites for hydroxylation is 1. The molecule has 102 valence electrons. The lowest BCUT2D eigenvalue weighted by Gasteiger charge is -2.12. The van der Waals surface area contributed by atoms with Crippen molar-refractivity contribution in [2.24, 2.45) is 7.05 Å². The van der Waals surface area contributed by atoms with Crippen LogP contribution in [-0.2, 0) is 13.6 Å². The third-order valence-electron chi connectivity index (χ3n) is 3.62. The van der Waals surface area contributed by atoms with Crippen molar-refractivity contribution < 1.29 is 0 Å². The number of benzene rings is 1. The van der Waals surface area contributed by atoms with Crippen LogP contribution < -0.4 is 5.32 Å². The van der Waals surface area contributed by atoms with E-state index in [1.165, 1.54) is 16.5 Å². The molecule has 0 radical (unpaired) electrons. The van der Waals surface area contributed by atoms with Gasteiger partial charge in [-0.15, -0.1) is 0 Å². The smallest absolute Gasteiger partial charge is 0.0841 e. The molecule has 0 aliphatic carbocycles. The molecule has 0 amide bonds. The number of pyridine rings is 1. The zero-order valence-corrected chi connectivity index (χ0v) is 11.7. The summed E-state index contributed by atoms with van der Waals surface area (Å²) < 4.78 is 1.93. The zero-order chi connectivity index (χ0) is 13.9. The molecule has 2 aromatic heterocycles. The van der Waals surface area contributed by atoms with Crippen molar-refractivity contribution in [2.45, 2.75) is 19.5 Å². The Bertz CT molecular complexity index is 703. The van der Waals surface area contributed by atoms with E-state index in [0.29, 0.717) is 0 Å². The fraction of sp³-hybridized carbons (Fsp3) is 0.250. The van der Waals surface area contributed by atoms with Gasteiger partial charge in [-0.25, -0.2) is 0 Å². The molecule has 0 bridgehead atoms. The van der Waals surface area contributed by atoms with E-state index in [1.54, 1.807) is 0 Å². The van der Waals surface area contributed by atoms with Gasteiger partial charge in [-0.1, -0.05) is 18.2 Å². The average Bonchev–Trinajstić information content (AvgIpc) is 2.83. The maximum absolute atomic E-state index is 4.60. The molecule has 1 atom stereocenters. The minimum atomic E-state index is 0.277. The lowest BCUT2D eigenvalue weighted by atomic mass is 10.1. The number of nitrogens with zero attached hydrogens (tertiary/aromatic N) is 3. The van der Waals surface area contributed by atoms with Gasteiger partial charge < -0.3 is 5.32 Å². The Hall–Kier alpha value is -2.20. The van der Waals surface area contributed by atoms with Crippen LogP contribution in [0.3, 0.4) is 0 Å². The van der Waals surface area contributed by atoms with Crippen LogP contribution in [0.4, 0.5) is 0 Å². The summed E-state index contributed by atoms with van der Waals surface area (Å²) in [5, 5.41) is 9.33. The third kappa shape index (κ3) is 2.42. The number of aromatic nitrogens is 3. The highest BCUT2D eigenvalue weighted by Crippen LogP contribution is 2.18. The highest BCUT2D eigenvalue weighted by Gasteiger charge is 2.10. The maximum atomic E-state index is 4.60. The van der Waals surface area contributed by atoms with Crippen molar-refractivity contribution in [2.75, 3.05) is 0 Å². The van der Waals surface area contributed by atoms with Crippen molar-refractivity contribution in [3.63, 3.8) is 0 Å². The average molecular weight is 266 g/mol. The van der Waals surface area contributed by atoms with Gasteiger partial charge in [0, 0.05) is 37.4 Å². The van der Waals surface area contributed by atoms with E-state index in [1.807, 2.05) is 42.3 Å². The van der Waals surface area contributed by atoms with E-state index in [2.05, 4.69) is 40.5 Å². The van der Waals surface area contributed by atoms with Crippen LogP contribution in [0.5, 0.6) is 0 Å². The summed E-state index contributed by atoms with van der Waals surface area (Å²) in [6.07, 6.45) is 3.65. The summed E-state index contributed by atoms with van der Waals surface area (Å²) >= 11 is 0. The summed E-state index contributed by atoms with van der Waals surface area (Å²) in [5.41, 5.74) is 3.49. The van der Waals surface area contributed by atoms with Crippen LogP contribution in [0.1, 0.15) is 24.2 Å². The molecule has 1 N–H and O–H groups in total. The summed E-state index contributed by atoms with van der Waals surface area (Å²) in [7, 11) is 1.98. The van der Waals surface area contributed by atoms with Crippen molar-refractivity contribution in [3.05, 3.63) is 60.0 Å². The maximum Gasteiger partial charge on any atom is 0.0841 e. The van der Waals surface area contributed by atoms with Crippen molar-refractivity contribution in [1.29, 1.82) is 0 Å². The summed E-state index contributed by atoms with van der Waals surface area (Å²) in [6.45, 7) is 2.91. The molecule has 0 saturated heterocycles. The second-order valence-corrected chi connectivity index (χ2v) is 4.97. The van der Waals surface area contributed by atoms with Crippen LogP contribution in [0.15, 0.2) is 48.8 Å². The Morgan fingerprint density at radius 3 is 2.70 bits per heavy atom. The molecular weight excluding hydrogens is 248 g/mol. The highest BCUT2D eigenvalue weighted by molar-refractivity contribution is 5.81. The molecule has 0 spiro atoms. The van der Waals surface area contributed by atoms with E-state index in [4.69, 9.17) is 0 Å². The molecule has 3 rings (SSSR count). The predicted octanol–water partition coefficient (Wildman–Crippen LogP) is 2.82. The van der Waals surface area contributed by atoms with Crippen LogP contribution in [0.25, 0.3) is 10.9 Å². The number of nitrogens with one attached hydrogen (secondary N) is 1. The van der Waals surface area contributed by atoms with Gasteiger partial charge in [-0.3, -0.25) is 9.67 Å². The van der Waals surface area contributed by atoms with Crippen LogP contribution in [-0.4, -0.2) is 14.8 Å². The molecule has 1 aromatic carbocycles. The second-order valence-electron chi connectivity index (χ2n) is 4.97. The van der Waals surface area contributed by atoms with Gasteiger partial charge in [-0.05, 0) is 30.7 Å². The molecule has 3 aromatic rings. The van der Waals surface area contributed by atoms with Gasteiger partial charge in [0.1, 0.15) is 0 Å². The Labute approximate surface area is 118 Å². The first-order valence-electron chi connectivity index (χ1n) is 6.79. The molecule has 0 unspecified atom stereocenters. The lowest BCUT2D eigenvalue weighted by molar-refractivity contribution is 0.563. The van der Waals surface area contributed by atoms with E-state index in [0.717, 1.165) is 12.2 Å². The van der Waals surface area contributed by atoms with E-state index in [9.17, 15) is 0 Å². The predicted molar refractivity (Wildman–Crippen MR) is 80.2 cm³/mol. The molecule has 0 aliphatic rings. The first-order valence-corrected chi connectivity index (χ1v) is 6.79. The topological polar surface area (TPSA) is 42.7 Å². The zero-order valence-electron chi connectivity index (χ0n) is 11.7. The second kappa shape index (κ2) is 5.43. The van der Waals surface area contributed by atoms with Gasteiger partial charge in [0.2, 0.25) is 0 Å². The SMILES string of the molecule is C[C@H](NCc1nn(C)c2ccccc12)c1ccncc1. The number of hydrogen-bond acceptors (Lipinski definition) is 3. The minimum absolute atomic E-state index is 0.277. The van der Waals surface area contributed by atoms with Gasteiger partial charge in [0.25, 0.3) is 0 Å². The Balaban J connectivity index is 1.77. The van der Waals surface area contributed by atoms with E-state index >= 15 is 0 Å². The van der Waals surface area contributed by atoms with Crippen LogP contribution in [0, 0.1) is 0 Å². The molecule has 2 heterocycles. The lowest BCUT2D eigenvalue weighted by Crippen LogP contribution is -2.18. The van der Waals surface area contributed by atoms with Gasteiger partial charge >= 0.3 is 0 Å². The fourth-order valence-corrected chi connectivity index (χ4v) is 2.44. The third-order valence-corrected chi connectivity index (χ3v) is 3.62. The Kier molecular flexibility index (Phi) is 3.48. The van der Waals surface area contributed by atoms with E-state index < -0.39 is 0 Å². The Morgan fingerprint density at radius 1 is 1.15 bits per heavy atom. The van der Waals surface area contributed by atoms with E-state index in [-0.39, 0.29) is 6.04 Å². The summed E-state index contributed by atoms with van der Waals surface area (Å²) in [6, 6.07) is 12.7. The molecule has 4 nitrogen and oxygen atoms in total. The molecule has 20 heavy (non-hydrogen) atoms. The van der Waals surface area contributed by atoms with Gasteiger partial charge in [0.05, 0.1) is 11.2 Å². The molecule has 0 fully saturated rings. The van der Waals surface area contributed by atoms with Gasteiger partial charge in [0.15, 0.2) is 0 Å². The minimum Gasteiger partial charge on any atom is -0.304 e. The van der Waals surface area contributed by atoms with Crippen molar-refractivity contribution in [1.82, 2.24) is 20.1 Å². The molecule has 0 saturated carbocycles. The number of fused-ring (bicyclic) bond motifs is 1.